The molecular formula is C10H10F7O2. The highest BCUT2D eigenvalue weighted by molar-refractivity contribution is 5.10. The summed E-state index contributed by atoms with van der Waals surface area (Å²) in [5.74, 6) is -16.4. The van der Waals surface area contributed by atoms with Gasteiger partial charge in [-0.25, -0.2) is 4.39 Å². The first-order chi connectivity index (χ1) is 8.58. The zero-order valence-electron chi connectivity index (χ0n) is 9.45. The Morgan fingerprint density at radius 2 is 1.42 bits per heavy atom. The van der Waals surface area contributed by atoms with Crippen LogP contribution in [0.1, 0.15) is 12.8 Å². The van der Waals surface area contributed by atoms with Gasteiger partial charge in [0, 0.05) is 12.8 Å². The Hall–Kier alpha value is -0.570. The maximum atomic E-state index is 13.2. The minimum atomic E-state index is -5.81. The molecule has 0 bridgehead atoms. The molecule has 2 aliphatic rings. The van der Waals surface area contributed by atoms with Crippen molar-refractivity contribution >= 4 is 0 Å². The van der Waals surface area contributed by atoms with E-state index >= 15 is 0 Å². The van der Waals surface area contributed by atoms with Gasteiger partial charge in [-0.3, -0.25) is 0 Å². The van der Waals surface area contributed by atoms with Gasteiger partial charge in [-0.05, 0) is 0 Å². The van der Waals surface area contributed by atoms with Crippen LogP contribution in [0.5, 0.6) is 0 Å². The third-order valence-corrected chi connectivity index (χ3v) is 2.89. The molecule has 2 fully saturated rings. The van der Waals surface area contributed by atoms with E-state index in [-0.39, 0.29) is 13.2 Å². The Morgan fingerprint density at radius 3 is 1.84 bits per heavy atom. The summed E-state index contributed by atoms with van der Waals surface area (Å²) in [7, 11) is 0. The van der Waals surface area contributed by atoms with Gasteiger partial charge >= 0.3 is 17.8 Å². The lowest BCUT2D eigenvalue weighted by Gasteiger charge is -2.33. The van der Waals surface area contributed by atoms with Crippen molar-refractivity contribution in [3.05, 3.63) is 6.17 Å². The van der Waals surface area contributed by atoms with Crippen LogP contribution in [0.2, 0.25) is 0 Å². The fraction of sp³-hybridized carbons (Fsp3) is 0.900. The third-order valence-electron chi connectivity index (χ3n) is 2.89. The summed E-state index contributed by atoms with van der Waals surface area (Å²) in [4.78, 5) is 0. The summed E-state index contributed by atoms with van der Waals surface area (Å²) >= 11 is 0. The van der Waals surface area contributed by atoms with Crippen LogP contribution in [0.15, 0.2) is 0 Å². The first-order valence-electron chi connectivity index (χ1n) is 5.46. The molecule has 2 unspecified atom stereocenters. The van der Waals surface area contributed by atoms with Crippen molar-refractivity contribution in [2.75, 3.05) is 13.2 Å². The second-order valence-corrected chi connectivity index (χ2v) is 4.58. The van der Waals surface area contributed by atoms with Crippen molar-refractivity contribution in [2.24, 2.45) is 0 Å². The second kappa shape index (κ2) is 4.47. The summed E-state index contributed by atoms with van der Waals surface area (Å²) in [5, 5.41) is 0. The molecule has 1 radical (unpaired) electrons. The lowest BCUT2D eigenvalue weighted by molar-refractivity contribution is -0.312. The summed E-state index contributed by atoms with van der Waals surface area (Å²) in [5.41, 5.74) is 0. The number of ether oxygens (including phenoxy) is 2. The lowest BCUT2D eigenvalue weighted by atomic mass is 9.95. The minimum absolute atomic E-state index is 0.0542. The highest BCUT2D eigenvalue weighted by atomic mass is 19.3. The van der Waals surface area contributed by atoms with Crippen LogP contribution in [0.4, 0.5) is 30.7 Å². The molecule has 0 aromatic carbocycles. The van der Waals surface area contributed by atoms with Crippen molar-refractivity contribution in [3.63, 3.8) is 0 Å². The van der Waals surface area contributed by atoms with Gasteiger partial charge in [-0.2, -0.15) is 26.3 Å². The summed E-state index contributed by atoms with van der Waals surface area (Å²) in [6.07, 6.45) is -7.30. The number of alkyl halides is 6. The molecule has 0 aliphatic carbocycles. The normalized spacial score (nSPS) is 27.8. The maximum Gasteiger partial charge on any atom is 0.375 e. The number of rotatable bonds is 7. The highest BCUT2D eigenvalue weighted by Gasteiger charge is 2.75. The molecular weight excluding hydrogens is 285 g/mol. The van der Waals surface area contributed by atoms with Crippen LogP contribution in [0, 0.1) is 6.17 Å². The van der Waals surface area contributed by atoms with Crippen molar-refractivity contribution in [1.29, 1.82) is 0 Å². The Balaban J connectivity index is 2.09. The smallest absolute Gasteiger partial charge is 0.373 e. The van der Waals surface area contributed by atoms with Gasteiger partial charge in [0.2, 0.25) is 6.17 Å². The number of halogens is 7. The zero-order valence-corrected chi connectivity index (χ0v) is 9.45. The van der Waals surface area contributed by atoms with E-state index in [1.807, 2.05) is 0 Å². The van der Waals surface area contributed by atoms with Crippen LogP contribution in [0.3, 0.4) is 0 Å². The average molecular weight is 295 g/mol. The number of epoxide rings is 2. The summed E-state index contributed by atoms with van der Waals surface area (Å²) in [6, 6.07) is 0. The molecule has 2 nitrogen and oxygen atoms in total. The molecule has 0 aromatic heterocycles. The SMILES string of the molecule is F[C](CC1CO1)C(F)(F)C(F)(F)C(F)(F)CC1CO1. The largest absolute Gasteiger partial charge is 0.375 e. The second-order valence-electron chi connectivity index (χ2n) is 4.58. The molecule has 9 heteroatoms. The van der Waals surface area contributed by atoms with Crippen LogP contribution in [0.25, 0.3) is 0 Å². The first kappa shape index (κ1) is 14.8. The molecule has 2 rings (SSSR count). The van der Waals surface area contributed by atoms with Crippen molar-refractivity contribution < 1.29 is 40.2 Å². The summed E-state index contributed by atoms with van der Waals surface area (Å²) in [6.45, 7) is -0.249. The van der Waals surface area contributed by atoms with Gasteiger partial charge in [0.15, 0.2) is 0 Å². The Morgan fingerprint density at radius 1 is 0.947 bits per heavy atom. The van der Waals surface area contributed by atoms with Crippen molar-refractivity contribution in [1.82, 2.24) is 0 Å². The molecule has 2 heterocycles. The summed E-state index contributed by atoms with van der Waals surface area (Å²) < 4.78 is 101. The number of hydrogen-bond acceptors (Lipinski definition) is 2. The predicted molar refractivity (Wildman–Crippen MR) is 47.9 cm³/mol. The van der Waals surface area contributed by atoms with Gasteiger partial charge in [-0.15, -0.1) is 0 Å². The standard InChI is InChI=1S/C10H10F7O2/c11-7(1-5-3-18-5)9(14,15)10(16,17)8(12,13)2-6-4-19-6/h5-6H,1-4H2. The molecule has 0 aromatic rings. The van der Waals surface area contributed by atoms with Crippen molar-refractivity contribution in [2.45, 2.75) is 42.8 Å². The Labute approximate surface area is 103 Å². The van der Waals surface area contributed by atoms with E-state index in [9.17, 15) is 30.7 Å². The third kappa shape index (κ3) is 2.81. The van der Waals surface area contributed by atoms with Gasteiger partial charge < -0.3 is 9.47 Å². The molecule has 2 aliphatic heterocycles. The molecule has 2 atom stereocenters. The van der Waals surface area contributed by atoms with E-state index in [0.29, 0.717) is 0 Å². The Bertz CT molecular complexity index is 339. The fourth-order valence-electron chi connectivity index (χ4n) is 1.51. The molecule has 0 spiro atoms. The van der Waals surface area contributed by atoms with E-state index in [2.05, 4.69) is 9.47 Å². The van der Waals surface area contributed by atoms with Crippen LogP contribution < -0.4 is 0 Å². The maximum absolute atomic E-state index is 13.2. The number of hydrogen-bond donors (Lipinski definition) is 0. The van der Waals surface area contributed by atoms with E-state index in [4.69, 9.17) is 0 Å². The average Bonchev–Trinajstić information content (AvgIpc) is 3.12. The van der Waals surface area contributed by atoms with E-state index in [0.717, 1.165) is 0 Å². The van der Waals surface area contributed by atoms with Gasteiger partial charge in [0.05, 0.1) is 25.4 Å². The molecule has 111 valence electrons. The van der Waals surface area contributed by atoms with Gasteiger partial charge in [0.25, 0.3) is 0 Å². The van der Waals surface area contributed by atoms with Gasteiger partial charge in [-0.1, -0.05) is 0 Å². The quantitative estimate of drug-likeness (QED) is 0.533. The molecule has 0 N–H and O–H groups in total. The van der Waals surface area contributed by atoms with Crippen LogP contribution in [-0.2, 0) is 9.47 Å². The van der Waals surface area contributed by atoms with Crippen LogP contribution >= 0.6 is 0 Å². The molecule has 0 amide bonds. The highest BCUT2D eigenvalue weighted by Crippen LogP contribution is 2.54. The Kier molecular flexibility index (Phi) is 3.49. The minimum Gasteiger partial charge on any atom is -0.373 e. The fourth-order valence-corrected chi connectivity index (χ4v) is 1.51. The van der Waals surface area contributed by atoms with Crippen LogP contribution in [-0.4, -0.2) is 43.2 Å². The van der Waals surface area contributed by atoms with E-state index in [1.54, 1.807) is 0 Å². The monoisotopic (exact) mass is 295 g/mol. The first-order valence-corrected chi connectivity index (χ1v) is 5.46. The van der Waals surface area contributed by atoms with Crippen molar-refractivity contribution in [3.8, 4) is 0 Å². The predicted octanol–water partition coefficient (Wildman–Crippen LogP) is 2.97. The van der Waals surface area contributed by atoms with E-state index < -0.39 is 49.0 Å². The van der Waals surface area contributed by atoms with E-state index in [1.165, 1.54) is 0 Å². The zero-order chi connectivity index (χ0) is 14.5. The molecule has 19 heavy (non-hydrogen) atoms. The molecule has 2 saturated heterocycles. The van der Waals surface area contributed by atoms with Gasteiger partial charge in [0.1, 0.15) is 0 Å². The molecule has 0 saturated carbocycles. The lowest BCUT2D eigenvalue weighted by Crippen LogP contribution is -2.56. The topological polar surface area (TPSA) is 25.1 Å².